The molecule has 0 heterocycles. The summed E-state index contributed by atoms with van der Waals surface area (Å²) in [7, 11) is 0. The second-order valence-corrected chi connectivity index (χ2v) is 5.67. The summed E-state index contributed by atoms with van der Waals surface area (Å²) in [6.07, 6.45) is 0. The van der Waals surface area contributed by atoms with E-state index in [1.165, 1.54) is 0 Å². The van der Waals surface area contributed by atoms with E-state index >= 15 is 0 Å². The van der Waals surface area contributed by atoms with Crippen LogP contribution in [-0.4, -0.2) is 6.61 Å². The summed E-state index contributed by atoms with van der Waals surface area (Å²) in [5, 5.41) is 12.6. The number of nitriles is 1. The molecule has 102 valence electrons. The zero-order chi connectivity index (χ0) is 14.4. The van der Waals surface area contributed by atoms with E-state index in [0.29, 0.717) is 12.3 Å². The number of nitrogens with one attached hydrogen (secondary N) is 1. The molecule has 0 aliphatic heterocycles. The lowest BCUT2D eigenvalue weighted by molar-refractivity contribution is 0.368. The van der Waals surface area contributed by atoms with Crippen LogP contribution in [-0.2, 0) is 6.54 Å². The molecule has 1 N–H and O–H groups in total. The Morgan fingerprint density at radius 2 is 2.10 bits per heavy atom. The van der Waals surface area contributed by atoms with Gasteiger partial charge in [-0.3, -0.25) is 0 Å². The number of halogens is 2. The molecule has 20 heavy (non-hydrogen) atoms. The number of benzene rings is 2. The van der Waals surface area contributed by atoms with Crippen LogP contribution in [0.4, 0.5) is 5.69 Å². The van der Waals surface area contributed by atoms with Crippen LogP contribution in [0, 0.1) is 14.9 Å². The van der Waals surface area contributed by atoms with Crippen molar-refractivity contribution in [1.82, 2.24) is 0 Å². The molecule has 0 aliphatic rings. The highest BCUT2D eigenvalue weighted by Gasteiger charge is 2.01. The number of nitrogens with zero attached hydrogens (tertiary/aromatic N) is 1. The van der Waals surface area contributed by atoms with Gasteiger partial charge in [-0.2, -0.15) is 5.26 Å². The minimum Gasteiger partial charge on any atom is -0.479 e. The number of rotatable bonds is 5. The van der Waals surface area contributed by atoms with Crippen molar-refractivity contribution >= 4 is 39.9 Å². The number of hydrogen-bond acceptors (Lipinski definition) is 3. The molecule has 2 aromatic rings. The Labute approximate surface area is 136 Å². The van der Waals surface area contributed by atoms with Crippen molar-refractivity contribution in [3.05, 3.63) is 56.6 Å². The summed E-state index contributed by atoms with van der Waals surface area (Å²) in [4.78, 5) is 0. The first-order valence-corrected chi connectivity index (χ1v) is 7.42. The first kappa shape index (κ1) is 14.9. The Bertz CT molecular complexity index is 640. The Hall–Kier alpha value is -1.45. The summed E-state index contributed by atoms with van der Waals surface area (Å²) in [6.45, 7) is 0.743. The molecule has 0 saturated heterocycles. The zero-order valence-electron chi connectivity index (χ0n) is 10.6. The lowest BCUT2D eigenvalue weighted by Gasteiger charge is -2.10. The average molecular weight is 399 g/mol. The summed E-state index contributed by atoms with van der Waals surface area (Å²) in [6, 6.07) is 15.4. The van der Waals surface area contributed by atoms with Crippen molar-refractivity contribution < 1.29 is 4.74 Å². The van der Waals surface area contributed by atoms with Gasteiger partial charge in [0.05, 0.1) is 0 Å². The van der Waals surface area contributed by atoms with Gasteiger partial charge in [0.15, 0.2) is 6.61 Å². The number of hydrogen-bond donors (Lipinski definition) is 1. The minimum absolute atomic E-state index is 0.0615. The largest absolute Gasteiger partial charge is 0.479 e. The monoisotopic (exact) mass is 398 g/mol. The van der Waals surface area contributed by atoms with Crippen LogP contribution in [0.15, 0.2) is 42.5 Å². The highest BCUT2D eigenvalue weighted by molar-refractivity contribution is 14.1. The van der Waals surface area contributed by atoms with E-state index in [0.717, 1.165) is 19.8 Å². The summed E-state index contributed by atoms with van der Waals surface area (Å²) in [5.74, 6) is 0.705. The van der Waals surface area contributed by atoms with Crippen LogP contribution in [0.5, 0.6) is 5.75 Å². The zero-order valence-corrected chi connectivity index (χ0v) is 13.5. The van der Waals surface area contributed by atoms with Crippen LogP contribution in [0.25, 0.3) is 0 Å². The molecule has 2 rings (SSSR count). The van der Waals surface area contributed by atoms with Gasteiger partial charge in [0, 0.05) is 20.8 Å². The fourth-order valence-electron chi connectivity index (χ4n) is 1.69. The third-order valence-electron chi connectivity index (χ3n) is 2.62. The van der Waals surface area contributed by atoms with Gasteiger partial charge in [0.25, 0.3) is 0 Å². The number of ether oxygens (including phenoxy) is 1. The fourth-order valence-corrected chi connectivity index (χ4v) is 2.75. The van der Waals surface area contributed by atoms with Crippen molar-refractivity contribution in [2.24, 2.45) is 0 Å². The van der Waals surface area contributed by atoms with Gasteiger partial charge in [-0.05, 0) is 58.5 Å². The maximum atomic E-state index is 8.50. The third-order valence-corrected chi connectivity index (χ3v) is 3.74. The number of anilines is 1. The fraction of sp³-hybridized carbons (Fsp3) is 0.133. The molecule has 0 aromatic heterocycles. The van der Waals surface area contributed by atoms with E-state index in [4.69, 9.17) is 21.6 Å². The SMILES string of the molecule is N#CCOc1cccc(CNc2ccc(Cl)cc2I)c1. The average Bonchev–Trinajstić information content (AvgIpc) is 2.45. The van der Waals surface area contributed by atoms with Crippen LogP contribution in [0.3, 0.4) is 0 Å². The lowest BCUT2D eigenvalue weighted by atomic mass is 10.2. The maximum Gasteiger partial charge on any atom is 0.174 e. The van der Waals surface area contributed by atoms with Crippen LogP contribution >= 0.6 is 34.2 Å². The first-order chi connectivity index (χ1) is 9.69. The van der Waals surface area contributed by atoms with Gasteiger partial charge in [-0.1, -0.05) is 23.7 Å². The smallest absolute Gasteiger partial charge is 0.174 e. The summed E-state index contributed by atoms with van der Waals surface area (Å²) >= 11 is 8.17. The molecular formula is C15H12ClIN2O. The second kappa shape index (κ2) is 7.36. The molecule has 0 radical (unpaired) electrons. The van der Waals surface area contributed by atoms with Crippen LogP contribution < -0.4 is 10.1 Å². The third kappa shape index (κ3) is 4.29. The van der Waals surface area contributed by atoms with Gasteiger partial charge in [-0.25, -0.2) is 0 Å². The van der Waals surface area contributed by atoms with Crippen molar-refractivity contribution in [1.29, 1.82) is 5.26 Å². The highest BCUT2D eigenvalue weighted by atomic mass is 127. The van der Waals surface area contributed by atoms with E-state index in [-0.39, 0.29) is 6.61 Å². The molecule has 3 nitrogen and oxygen atoms in total. The molecule has 0 unspecified atom stereocenters. The Morgan fingerprint density at radius 3 is 2.85 bits per heavy atom. The standard InChI is InChI=1S/C15H12ClIN2O/c16-12-4-5-15(14(17)9-12)19-10-11-2-1-3-13(8-11)20-7-6-18/h1-5,8-9,19H,7,10H2. The van der Waals surface area contributed by atoms with Crippen molar-refractivity contribution in [3.63, 3.8) is 0 Å². The molecule has 0 saturated carbocycles. The van der Waals surface area contributed by atoms with Gasteiger partial charge in [0.1, 0.15) is 11.8 Å². The van der Waals surface area contributed by atoms with E-state index < -0.39 is 0 Å². The first-order valence-electron chi connectivity index (χ1n) is 5.96. The molecule has 0 fully saturated rings. The highest BCUT2D eigenvalue weighted by Crippen LogP contribution is 2.23. The van der Waals surface area contributed by atoms with Crippen LogP contribution in [0.2, 0.25) is 5.02 Å². The molecule has 0 aliphatic carbocycles. The predicted octanol–water partition coefficient (Wildman–Crippen LogP) is 4.46. The molecule has 0 bridgehead atoms. The van der Waals surface area contributed by atoms with Crippen molar-refractivity contribution in [2.45, 2.75) is 6.54 Å². The van der Waals surface area contributed by atoms with E-state index in [2.05, 4.69) is 27.9 Å². The van der Waals surface area contributed by atoms with Crippen LogP contribution in [0.1, 0.15) is 5.56 Å². The van der Waals surface area contributed by atoms with Gasteiger partial charge >= 0.3 is 0 Å². The summed E-state index contributed by atoms with van der Waals surface area (Å²) in [5.41, 5.74) is 2.13. The molecule has 0 amide bonds. The van der Waals surface area contributed by atoms with Crippen molar-refractivity contribution in [2.75, 3.05) is 11.9 Å². The Kier molecular flexibility index (Phi) is 5.50. The van der Waals surface area contributed by atoms with Gasteiger partial charge in [0.2, 0.25) is 0 Å². The maximum absolute atomic E-state index is 8.50. The molecule has 2 aromatic carbocycles. The Balaban J connectivity index is 2.01. The minimum atomic E-state index is 0.0615. The van der Waals surface area contributed by atoms with E-state index in [9.17, 15) is 0 Å². The topological polar surface area (TPSA) is 45.0 Å². The second-order valence-electron chi connectivity index (χ2n) is 4.07. The Morgan fingerprint density at radius 1 is 1.25 bits per heavy atom. The summed E-state index contributed by atoms with van der Waals surface area (Å²) < 4.78 is 6.36. The predicted molar refractivity (Wildman–Crippen MR) is 89.0 cm³/mol. The lowest BCUT2D eigenvalue weighted by Crippen LogP contribution is -2.01. The molecule has 5 heteroatoms. The quantitative estimate of drug-likeness (QED) is 0.756. The molecule has 0 atom stereocenters. The normalized spacial score (nSPS) is 9.85. The van der Waals surface area contributed by atoms with E-state index in [1.54, 1.807) is 0 Å². The van der Waals surface area contributed by atoms with E-state index in [1.807, 2.05) is 48.5 Å². The van der Waals surface area contributed by atoms with Crippen molar-refractivity contribution in [3.8, 4) is 11.8 Å². The van der Waals surface area contributed by atoms with Gasteiger partial charge in [-0.15, -0.1) is 0 Å². The molecule has 0 spiro atoms. The molecular weight excluding hydrogens is 387 g/mol. The van der Waals surface area contributed by atoms with Gasteiger partial charge < -0.3 is 10.1 Å².